The number of hydrogen-bond donors (Lipinski definition) is 2. The third kappa shape index (κ3) is 3.39. The van der Waals surface area contributed by atoms with Crippen LogP contribution < -0.4 is 5.73 Å². The SMILES string of the molecule is Cc1ccc(SC2CCCCCC2O)c(N)c1. The van der Waals surface area contributed by atoms with Crippen molar-refractivity contribution < 1.29 is 5.11 Å². The summed E-state index contributed by atoms with van der Waals surface area (Å²) in [6, 6.07) is 6.17. The second-order valence-corrected chi connectivity index (χ2v) is 6.18. The highest BCUT2D eigenvalue weighted by atomic mass is 32.2. The number of rotatable bonds is 2. The van der Waals surface area contributed by atoms with Gasteiger partial charge in [0.25, 0.3) is 0 Å². The molecule has 1 aliphatic rings. The fourth-order valence-electron chi connectivity index (χ4n) is 2.33. The number of aliphatic hydroxyl groups excluding tert-OH is 1. The van der Waals surface area contributed by atoms with Gasteiger partial charge < -0.3 is 10.8 Å². The topological polar surface area (TPSA) is 46.2 Å². The van der Waals surface area contributed by atoms with Crippen LogP contribution in [-0.4, -0.2) is 16.5 Å². The molecule has 2 atom stereocenters. The molecule has 3 N–H and O–H groups in total. The van der Waals surface area contributed by atoms with Gasteiger partial charge >= 0.3 is 0 Å². The number of benzene rings is 1. The Hall–Kier alpha value is -0.670. The second kappa shape index (κ2) is 5.78. The summed E-state index contributed by atoms with van der Waals surface area (Å²) in [5.74, 6) is 0. The molecule has 0 aliphatic heterocycles. The maximum absolute atomic E-state index is 10.1. The Bertz CT molecular complexity index is 380. The lowest BCUT2D eigenvalue weighted by molar-refractivity contribution is 0.163. The summed E-state index contributed by atoms with van der Waals surface area (Å²) < 4.78 is 0. The molecule has 2 unspecified atom stereocenters. The molecule has 1 aliphatic carbocycles. The molecule has 0 amide bonds. The van der Waals surface area contributed by atoms with Crippen molar-refractivity contribution in [1.82, 2.24) is 0 Å². The molecule has 2 rings (SSSR count). The van der Waals surface area contributed by atoms with Gasteiger partial charge in [0.2, 0.25) is 0 Å². The molecule has 0 aromatic heterocycles. The van der Waals surface area contributed by atoms with Crippen LogP contribution in [0.25, 0.3) is 0 Å². The van der Waals surface area contributed by atoms with Gasteiger partial charge in [0.15, 0.2) is 0 Å². The van der Waals surface area contributed by atoms with E-state index in [0.717, 1.165) is 29.8 Å². The zero-order valence-corrected chi connectivity index (χ0v) is 11.2. The number of nitrogens with two attached hydrogens (primary N) is 1. The number of aliphatic hydroxyl groups is 1. The molecule has 0 heterocycles. The monoisotopic (exact) mass is 251 g/mol. The molecule has 0 spiro atoms. The summed E-state index contributed by atoms with van der Waals surface area (Å²) in [6.07, 6.45) is 5.48. The van der Waals surface area contributed by atoms with Crippen LogP contribution in [0.2, 0.25) is 0 Å². The second-order valence-electron chi connectivity index (χ2n) is 4.90. The Balaban J connectivity index is 2.08. The maximum Gasteiger partial charge on any atom is 0.0662 e. The van der Waals surface area contributed by atoms with Gasteiger partial charge in [-0.05, 0) is 37.5 Å². The van der Waals surface area contributed by atoms with Crippen molar-refractivity contribution in [3.05, 3.63) is 23.8 Å². The molecule has 2 nitrogen and oxygen atoms in total. The fraction of sp³-hybridized carbons (Fsp3) is 0.571. The van der Waals surface area contributed by atoms with E-state index in [9.17, 15) is 5.11 Å². The van der Waals surface area contributed by atoms with Gasteiger partial charge in [-0.25, -0.2) is 0 Å². The molecule has 1 fully saturated rings. The highest BCUT2D eigenvalue weighted by molar-refractivity contribution is 8.00. The summed E-state index contributed by atoms with van der Waals surface area (Å²) in [6.45, 7) is 2.05. The summed E-state index contributed by atoms with van der Waals surface area (Å²) in [5, 5.41) is 10.4. The van der Waals surface area contributed by atoms with Gasteiger partial charge in [-0.2, -0.15) is 0 Å². The van der Waals surface area contributed by atoms with E-state index in [1.165, 1.54) is 18.4 Å². The lowest BCUT2D eigenvalue weighted by Gasteiger charge is -2.20. The Morgan fingerprint density at radius 1 is 1.24 bits per heavy atom. The number of thioether (sulfide) groups is 1. The van der Waals surface area contributed by atoms with Gasteiger partial charge in [0.1, 0.15) is 0 Å². The van der Waals surface area contributed by atoms with Crippen molar-refractivity contribution in [3.63, 3.8) is 0 Å². The minimum Gasteiger partial charge on any atom is -0.398 e. The van der Waals surface area contributed by atoms with Gasteiger partial charge in [0, 0.05) is 15.8 Å². The maximum atomic E-state index is 10.1. The first-order valence-electron chi connectivity index (χ1n) is 6.37. The average Bonchev–Trinajstić information content (AvgIpc) is 2.48. The lowest BCUT2D eigenvalue weighted by atomic mass is 10.1. The largest absolute Gasteiger partial charge is 0.398 e. The van der Waals surface area contributed by atoms with Crippen LogP contribution in [0.5, 0.6) is 0 Å². The van der Waals surface area contributed by atoms with E-state index in [-0.39, 0.29) is 6.10 Å². The predicted molar refractivity (Wildman–Crippen MR) is 74.3 cm³/mol. The lowest BCUT2D eigenvalue weighted by Crippen LogP contribution is -2.21. The van der Waals surface area contributed by atoms with Crippen LogP contribution in [0, 0.1) is 6.92 Å². The van der Waals surface area contributed by atoms with Crippen LogP contribution in [0.15, 0.2) is 23.1 Å². The molecular weight excluding hydrogens is 230 g/mol. The zero-order chi connectivity index (χ0) is 12.3. The van der Waals surface area contributed by atoms with Gasteiger partial charge in [-0.1, -0.05) is 25.3 Å². The van der Waals surface area contributed by atoms with Crippen molar-refractivity contribution in [2.45, 2.75) is 55.3 Å². The van der Waals surface area contributed by atoms with E-state index in [2.05, 4.69) is 12.1 Å². The molecule has 1 aromatic rings. The Morgan fingerprint density at radius 3 is 2.76 bits per heavy atom. The van der Waals surface area contributed by atoms with Gasteiger partial charge in [-0.3, -0.25) is 0 Å². The molecular formula is C14H21NOS. The van der Waals surface area contributed by atoms with Crippen LogP contribution >= 0.6 is 11.8 Å². The first-order chi connectivity index (χ1) is 8.16. The van der Waals surface area contributed by atoms with Crippen molar-refractivity contribution in [2.75, 3.05) is 5.73 Å². The molecule has 1 saturated carbocycles. The molecule has 1 aromatic carbocycles. The summed E-state index contributed by atoms with van der Waals surface area (Å²) in [7, 11) is 0. The number of anilines is 1. The quantitative estimate of drug-likeness (QED) is 0.626. The highest BCUT2D eigenvalue weighted by Gasteiger charge is 2.23. The normalized spacial score (nSPS) is 25.5. The van der Waals surface area contributed by atoms with Crippen LogP contribution in [0.4, 0.5) is 5.69 Å². The first-order valence-corrected chi connectivity index (χ1v) is 7.25. The molecule has 0 saturated heterocycles. The third-order valence-electron chi connectivity index (χ3n) is 3.36. The Morgan fingerprint density at radius 2 is 2.00 bits per heavy atom. The van der Waals surface area contributed by atoms with E-state index < -0.39 is 0 Å². The first kappa shape index (κ1) is 12.8. The van der Waals surface area contributed by atoms with Crippen molar-refractivity contribution in [2.24, 2.45) is 0 Å². The highest BCUT2D eigenvalue weighted by Crippen LogP contribution is 2.36. The smallest absolute Gasteiger partial charge is 0.0662 e. The fourth-order valence-corrected chi connectivity index (χ4v) is 3.58. The molecule has 3 heteroatoms. The number of aryl methyl sites for hydroxylation is 1. The average molecular weight is 251 g/mol. The summed E-state index contributed by atoms with van der Waals surface area (Å²) in [5.41, 5.74) is 8.05. The third-order valence-corrected chi connectivity index (χ3v) is 4.84. The molecule has 0 radical (unpaired) electrons. The molecule has 0 bridgehead atoms. The minimum absolute atomic E-state index is 0.178. The minimum atomic E-state index is -0.178. The molecule has 17 heavy (non-hydrogen) atoms. The van der Waals surface area contributed by atoms with E-state index in [1.807, 2.05) is 13.0 Å². The molecule has 94 valence electrons. The van der Waals surface area contributed by atoms with Crippen molar-refractivity contribution in [3.8, 4) is 0 Å². The van der Waals surface area contributed by atoms with E-state index in [1.54, 1.807) is 11.8 Å². The zero-order valence-electron chi connectivity index (χ0n) is 10.4. The summed E-state index contributed by atoms with van der Waals surface area (Å²) >= 11 is 1.75. The summed E-state index contributed by atoms with van der Waals surface area (Å²) in [4.78, 5) is 1.11. The van der Waals surface area contributed by atoms with E-state index in [4.69, 9.17) is 5.73 Å². The van der Waals surface area contributed by atoms with Gasteiger partial charge in [0.05, 0.1) is 6.10 Å². The number of hydrogen-bond acceptors (Lipinski definition) is 3. The van der Waals surface area contributed by atoms with Crippen LogP contribution in [0.1, 0.15) is 37.7 Å². The van der Waals surface area contributed by atoms with E-state index in [0.29, 0.717) is 5.25 Å². The van der Waals surface area contributed by atoms with Crippen molar-refractivity contribution in [1.29, 1.82) is 0 Å². The predicted octanol–water partition coefficient (Wildman–Crippen LogP) is 3.36. The Kier molecular flexibility index (Phi) is 4.35. The van der Waals surface area contributed by atoms with Crippen molar-refractivity contribution >= 4 is 17.4 Å². The Labute approximate surface area is 108 Å². The van der Waals surface area contributed by atoms with Gasteiger partial charge in [-0.15, -0.1) is 11.8 Å². The number of nitrogen functional groups attached to an aromatic ring is 1. The van der Waals surface area contributed by atoms with E-state index >= 15 is 0 Å². The van der Waals surface area contributed by atoms with Crippen LogP contribution in [-0.2, 0) is 0 Å². The standard InChI is InChI=1S/C14H21NOS/c1-10-7-8-13(11(15)9-10)17-14-6-4-2-3-5-12(14)16/h7-9,12,14,16H,2-6,15H2,1H3. The van der Waals surface area contributed by atoms with Crippen LogP contribution in [0.3, 0.4) is 0 Å².